The Hall–Kier alpha value is -2.55. The molecular formula is C13H8F3N3. The number of alkyl halides is 3. The number of halogens is 3. The van der Waals surface area contributed by atoms with Crippen LogP contribution in [0.5, 0.6) is 0 Å². The Morgan fingerprint density at radius 1 is 1.16 bits per heavy atom. The lowest BCUT2D eigenvalue weighted by Crippen LogP contribution is -2.11. The topological polar surface area (TPSA) is 62.7 Å². The summed E-state index contributed by atoms with van der Waals surface area (Å²) >= 11 is 0. The molecule has 0 unspecified atom stereocenters. The Bertz CT molecular complexity index is 643. The first-order chi connectivity index (χ1) is 8.93. The number of nitrogens with two attached hydrogens (primary N) is 1. The van der Waals surface area contributed by atoms with Crippen LogP contribution in [0, 0.1) is 11.3 Å². The second-order valence-corrected chi connectivity index (χ2v) is 3.79. The van der Waals surface area contributed by atoms with E-state index in [0.29, 0.717) is 5.56 Å². The lowest BCUT2D eigenvalue weighted by molar-refractivity contribution is -0.137. The van der Waals surface area contributed by atoms with Crippen LogP contribution in [0.2, 0.25) is 0 Å². The minimum atomic E-state index is -4.65. The van der Waals surface area contributed by atoms with Gasteiger partial charge in [0.1, 0.15) is 17.5 Å². The largest absolute Gasteiger partial charge is 0.417 e. The van der Waals surface area contributed by atoms with Gasteiger partial charge in [-0.15, -0.1) is 0 Å². The van der Waals surface area contributed by atoms with Crippen LogP contribution in [-0.2, 0) is 6.18 Å². The molecule has 0 aliphatic carbocycles. The zero-order chi connectivity index (χ0) is 14.0. The number of pyridine rings is 1. The van der Waals surface area contributed by atoms with Crippen molar-refractivity contribution in [3.05, 3.63) is 47.5 Å². The van der Waals surface area contributed by atoms with Gasteiger partial charge in [-0.1, -0.05) is 30.3 Å². The van der Waals surface area contributed by atoms with Gasteiger partial charge in [0.2, 0.25) is 0 Å². The second kappa shape index (κ2) is 4.61. The fourth-order valence-corrected chi connectivity index (χ4v) is 1.66. The summed E-state index contributed by atoms with van der Waals surface area (Å²) in [7, 11) is 0. The second-order valence-electron chi connectivity index (χ2n) is 3.79. The van der Waals surface area contributed by atoms with Crippen LogP contribution in [0.1, 0.15) is 11.1 Å². The average Bonchev–Trinajstić information content (AvgIpc) is 2.37. The minimum Gasteiger partial charge on any atom is -0.383 e. The third-order valence-electron chi connectivity index (χ3n) is 2.53. The Balaban J connectivity index is 2.69. The van der Waals surface area contributed by atoms with Gasteiger partial charge in [0.25, 0.3) is 0 Å². The smallest absolute Gasteiger partial charge is 0.383 e. The number of hydrogen-bond acceptors (Lipinski definition) is 3. The van der Waals surface area contributed by atoms with Crippen LogP contribution in [-0.4, -0.2) is 4.98 Å². The van der Waals surface area contributed by atoms with Gasteiger partial charge in [-0.2, -0.15) is 18.4 Å². The molecule has 0 radical (unpaired) electrons. The van der Waals surface area contributed by atoms with Crippen molar-refractivity contribution in [1.82, 2.24) is 4.98 Å². The van der Waals surface area contributed by atoms with Crippen LogP contribution in [0.4, 0.5) is 19.0 Å². The van der Waals surface area contributed by atoms with E-state index in [9.17, 15) is 13.2 Å². The average molecular weight is 263 g/mol. The molecule has 0 aliphatic rings. The lowest BCUT2D eigenvalue weighted by atomic mass is 10.0. The van der Waals surface area contributed by atoms with Gasteiger partial charge >= 0.3 is 6.18 Å². The summed E-state index contributed by atoms with van der Waals surface area (Å²) in [5.41, 5.74) is 4.31. The highest BCUT2D eigenvalue weighted by molar-refractivity contribution is 5.66. The number of nitriles is 1. The van der Waals surface area contributed by atoms with Crippen molar-refractivity contribution >= 4 is 5.82 Å². The van der Waals surface area contributed by atoms with E-state index in [-0.39, 0.29) is 5.69 Å². The predicted molar refractivity (Wildman–Crippen MR) is 63.8 cm³/mol. The third-order valence-corrected chi connectivity index (χ3v) is 2.53. The van der Waals surface area contributed by atoms with Crippen LogP contribution < -0.4 is 5.73 Å². The monoisotopic (exact) mass is 263 g/mol. The molecule has 6 heteroatoms. The van der Waals surface area contributed by atoms with E-state index in [2.05, 4.69) is 4.98 Å². The number of benzene rings is 1. The first-order valence-corrected chi connectivity index (χ1v) is 5.26. The Morgan fingerprint density at radius 3 is 2.32 bits per heavy atom. The third kappa shape index (κ3) is 2.50. The van der Waals surface area contributed by atoms with E-state index in [1.807, 2.05) is 0 Å². The van der Waals surface area contributed by atoms with E-state index < -0.39 is 23.1 Å². The van der Waals surface area contributed by atoms with Gasteiger partial charge in [0.15, 0.2) is 0 Å². The lowest BCUT2D eigenvalue weighted by Gasteiger charge is -2.12. The van der Waals surface area contributed by atoms with Crippen molar-refractivity contribution in [2.75, 3.05) is 5.73 Å². The van der Waals surface area contributed by atoms with Crippen molar-refractivity contribution in [3.8, 4) is 17.3 Å². The van der Waals surface area contributed by atoms with Gasteiger partial charge in [-0.05, 0) is 6.07 Å². The maximum Gasteiger partial charge on any atom is 0.417 e. The van der Waals surface area contributed by atoms with E-state index in [0.717, 1.165) is 6.07 Å². The zero-order valence-corrected chi connectivity index (χ0v) is 9.57. The molecule has 3 nitrogen and oxygen atoms in total. The van der Waals surface area contributed by atoms with Gasteiger partial charge in [-0.25, -0.2) is 4.98 Å². The molecule has 2 N–H and O–H groups in total. The highest BCUT2D eigenvalue weighted by Gasteiger charge is 2.35. The Morgan fingerprint density at radius 2 is 1.79 bits per heavy atom. The normalized spacial score (nSPS) is 11.1. The molecule has 1 aromatic carbocycles. The number of nitrogens with zero attached hydrogens (tertiary/aromatic N) is 2. The maximum absolute atomic E-state index is 12.9. The van der Waals surface area contributed by atoms with Crippen molar-refractivity contribution in [2.45, 2.75) is 6.18 Å². The molecule has 1 heterocycles. The summed E-state index contributed by atoms with van der Waals surface area (Å²) in [6.07, 6.45) is -4.65. The number of aromatic nitrogens is 1. The number of anilines is 1. The molecule has 0 saturated heterocycles. The molecular weight excluding hydrogens is 255 g/mol. The summed E-state index contributed by atoms with van der Waals surface area (Å²) in [5, 5.41) is 8.75. The van der Waals surface area contributed by atoms with Crippen molar-refractivity contribution in [3.63, 3.8) is 0 Å². The summed E-state index contributed by atoms with van der Waals surface area (Å²) in [4.78, 5) is 3.84. The summed E-state index contributed by atoms with van der Waals surface area (Å²) in [6, 6.07) is 10.6. The SMILES string of the molecule is N#Cc1c(C(F)(F)F)cc(-c2ccccc2)nc1N. The molecule has 0 fully saturated rings. The molecule has 2 rings (SSSR count). The number of nitrogen functional groups attached to an aromatic ring is 1. The van der Waals surface area contributed by atoms with E-state index >= 15 is 0 Å². The van der Waals surface area contributed by atoms with Crippen molar-refractivity contribution < 1.29 is 13.2 Å². The number of hydrogen-bond donors (Lipinski definition) is 1. The molecule has 96 valence electrons. The highest BCUT2D eigenvalue weighted by atomic mass is 19.4. The summed E-state index contributed by atoms with van der Waals surface area (Å²) < 4.78 is 38.6. The molecule has 0 spiro atoms. The van der Waals surface area contributed by atoms with E-state index in [1.54, 1.807) is 30.3 Å². The minimum absolute atomic E-state index is 0.0874. The Kier molecular flexibility index (Phi) is 3.13. The van der Waals surface area contributed by atoms with E-state index in [4.69, 9.17) is 11.0 Å². The standard InChI is InChI=1S/C13H8F3N3/c14-13(15,16)10-6-11(8-4-2-1-3-5-8)19-12(18)9(10)7-17/h1-6H,(H2,18,19). The van der Waals surface area contributed by atoms with Crippen molar-refractivity contribution in [2.24, 2.45) is 0 Å². The maximum atomic E-state index is 12.9. The molecule has 0 aliphatic heterocycles. The van der Waals surface area contributed by atoms with Crippen LogP contribution in [0.3, 0.4) is 0 Å². The van der Waals surface area contributed by atoms with Crippen LogP contribution in [0.15, 0.2) is 36.4 Å². The fourth-order valence-electron chi connectivity index (χ4n) is 1.66. The fraction of sp³-hybridized carbons (Fsp3) is 0.0769. The van der Waals surface area contributed by atoms with Gasteiger partial charge in [-0.3, -0.25) is 0 Å². The first-order valence-electron chi connectivity index (χ1n) is 5.26. The van der Waals surface area contributed by atoms with Crippen LogP contribution >= 0.6 is 0 Å². The summed E-state index contributed by atoms with van der Waals surface area (Å²) in [6.45, 7) is 0. The molecule has 0 amide bonds. The molecule has 0 saturated carbocycles. The summed E-state index contributed by atoms with van der Waals surface area (Å²) in [5.74, 6) is -0.420. The predicted octanol–water partition coefficient (Wildman–Crippen LogP) is 3.22. The van der Waals surface area contributed by atoms with Gasteiger partial charge in [0.05, 0.1) is 11.3 Å². The molecule has 0 bridgehead atoms. The van der Waals surface area contributed by atoms with Crippen molar-refractivity contribution in [1.29, 1.82) is 5.26 Å². The molecule has 1 aromatic heterocycles. The first kappa shape index (κ1) is 12.9. The van der Waals surface area contributed by atoms with Gasteiger partial charge < -0.3 is 5.73 Å². The quantitative estimate of drug-likeness (QED) is 0.859. The molecule has 19 heavy (non-hydrogen) atoms. The van der Waals surface area contributed by atoms with E-state index in [1.165, 1.54) is 6.07 Å². The Labute approximate surface area is 107 Å². The zero-order valence-electron chi connectivity index (χ0n) is 9.57. The highest BCUT2D eigenvalue weighted by Crippen LogP contribution is 2.35. The van der Waals surface area contributed by atoms with Gasteiger partial charge in [0, 0.05) is 5.56 Å². The van der Waals surface area contributed by atoms with Crippen LogP contribution in [0.25, 0.3) is 11.3 Å². The molecule has 2 aromatic rings. The molecule has 0 atom stereocenters. The number of rotatable bonds is 1.